The van der Waals surface area contributed by atoms with Gasteiger partial charge < -0.3 is 0 Å². The molecule has 0 atom stereocenters. The Balaban J connectivity index is 0.00000225. The Bertz CT molecular complexity index is 701. The quantitative estimate of drug-likeness (QED) is 0.420. The summed E-state index contributed by atoms with van der Waals surface area (Å²) in [5.41, 5.74) is 0. The first-order chi connectivity index (χ1) is 11.9. The van der Waals surface area contributed by atoms with Crippen LogP contribution in [0.3, 0.4) is 0 Å². The van der Waals surface area contributed by atoms with E-state index < -0.39 is 7.26 Å². The molecule has 0 N–H and O–H groups in total. The predicted molar refractivity (Wildman–Crippen MR) is 115 cm³/mol. The lowest BCUT2D eigenvalue weighted by Crippen LogP contribution is -2.33. The van der Waals surface area contributed by atoms with Crippen molar-refractivity contribution in [2.45, 2.75) is 12.8 Å². The molecule has 0 aliphatic heterocycles. The van der Waals surface area contributed by atoms with Crippen molar-refractivity contribution in [1.82, 2.24) is 0 Å². The fourth-order valence-corrected chi connectivity index (χ4v) is 7.62. The van der Waals surface area contributed by atoms with Gasteiger partial charge in [-0.15, -0.1) is 17.0 Å². The SMILES string of the molecule is Br.N#CCCC[P+](c1ccccc1)(c1ccccc1)c1ccccc1. The van der Waals surface area contributed by atoms with Crippen LogP contribution >= 0.6 is 24.2 Å². The third-order valence-electron chi connectivity index (χ3n) is 4.37. The van der Waals surface area contributed by atoms with Crippen LogP contribution in [0.4, 0.5) is 0 Å². The Kier molecular flexibility index (Phi) is 7.38. The van der Waals surface area contributed by atoms with E-state index in [4.69, 9.17) is 5.26 Å². The lowest BCUT2D eigenvalue weighted by molar-refractivity contribution is 0.975. The van der Waals surface area contributed by atoms with Gasteiger partial charge in [0.25, 0.3) is 0 Å². The highest BCUT2D eigenvalue weighted by Gasteiger charge is 2.44. The number of nitrogens with zero attached hydrogens (tertiary/aromatic N) is 1. The minimum absolute atomic E-state index is 0. The second-order valence-electron chi connectivity index (χ2n) is 5.80. The summed E-state index contributed by atoms with van der Waals surface area (Å²) < 4.78 is 0. The number of unbranched alkanes of at least 4 members (excludes halogenated alkanes) is 1. The van der Waals surface area contributed by atoms with Gasteiger partial charge in [-0.05, 0) is 42.8 Å². The van der Waals surface area contributed by atoms with E-state index in [-0.39, 0.29) is 17.0 Å². The molecule has 0 saturated carbocycles. The predicted octanol–water partition coefficient (Wildman–Crippen LogP) is 4.86. The third-order valence-corrected chi connectivity index (χ3v) is 8.90. The van der Waals surface area contributed by atoms with E-state index in [1.807, 2.05) is 0 Å². The lowest BCUT2D eigenvalue weighted by Gasteiger charge is -2.27. The Morgan fingerprint density at radius 1 is 0.640 bits per heavy atom. The third kappa shape index (κ3) is 4.18. The highest BCUT2D eigenvalue weighted by Crippen LogP contribution is 2.55. The molecule has 0 unspecified atom stereocenters. The molecule has 0 saturated heterocycles. The molecule has 0 aliphatic rings. The number of hydrogen-bond donors (Lipinski definition) is 0. The van der Waals surface area contributed by atoms with E-state index >= 15 is 0 Å². The number of halogens is 1. The fraction of sp³-hybridized carbons (Fsp3) is 0.136. The molecule has 0 aliphatic carbocycles. The Hall–Kier alpha value is -1.94. The van der Waals surface area contributed by atoms with Crippen LogP contribution in [0.25, 0.3) is 0 Å². The van der Waals surface area contributed by atoms with Crippen molar-refractivity contribution in [2.24, 2.45) is 0 Å². The van der Waals surface area contributed by atoms with Crippen LogP contribution in [0, 0.1) is 11.3 Å². The van der Waals surface area contributed by atoms with E-state index in [2.05, 4.69) is 97.1 Å². The maximum absolute atomic E-state index is 9.04. The van der Waals surface area contributed by atoms with Gasteiger partial charge in [0.2, 0.25) is 0 Å². The largest absolute Gasteiger partial charge is 0.198 e. The maximum atomic E-state index is 9.04. The standard InChI is InChI=1S/C22H21NP.BrH/c23-18-10-11-19-24(20-12-4-1-5-13-20,21-14-6-2-7-15-21)22-16-8-3-9-17-22;/h1-9,12-17H,10-11,19H2;1H/q+1;. The van der Waals surface area contributed by atoms with E-state index in [0.29, 0.717) is 6.42 Å². The molecule has 1 nitrogen and oxygen atoms in total. The average molecular weight is 411 g/mol. The molecule has 0 radical (unpaired) electrons. The van der Waals surface area contributed by atoms with Crippen LogP contribution < -0.4 is 15.9 Å². The molecular formula is C22H22BrNP+. The van der Waals surface area contributed by atoms with Crippen molar-refractivity contribution in [1.29, 1.82) is 5.26 Å². The van der Waals surface area contributed by atoms with Gasteiger partial charge in [-0.1, -0.05) is 54.6 Å². The number of benzene rings is 3. The summed E-state index contributed by atoms with van der Waals surface area (Å²) in [6, 6.07) is 34.8. The van der Waals surface area contributed by atoms with Gasteiger partial charge in [-0.25, -0.2) is 0 Å². The minimum Gasteiger partial charge on any atom is -0.198 e. The van der Waals surface area contributed by atoms with Crippen LogP contribution in [-0.2, 0) is 0 Å². The summed E-state index contributed by atoms with van der Waals surface area (Å²) in [4.78, 5) is 0. The zero-order valence-corrected chi connectivity index (χ0v) is 16.7. The molecule has 3 aromatic rings. The van der Waals surface area contributed by atoms with Gasteiger partial charge in [0.15, 0.2) is 0 Å². The molecule has 0 bridgehead atoms. The molecule has 3 heteroatoms. The van der Waals surface area contributed by atoms with E-state index in [9.17, 15) is 0 Å². The normalized spacial score (nSPS) is 10.5. The number of nitriles is 1. The Morgan fingerprint density at radius 3 is 1.32 bits per heavy atom. The van der Waals surface area contributed by atoms with Crippen molar-refractivity contribution in [3.63, 3.8) is 0 Å². The van der Waals surface area contributed by atoms with Crippen molar-refractivity contribution in [3.8, 4) is 6.07 Å². The first-order valence-corrected chi connectivity index (χ1v) is 10.3. The molecular weight excluding hydrogens is 389 g/mol. The monoisotopic (exact) mass is 410 g/mol. The molecule has 3 rings (SSSR count). The molecule has 0 heterocycles. The molecule has 3 aromatic carbocycles. The van der Waals surface area contributed by atoms with Gasteiger partial charge in [-0.3, -0.25) is 0 Å². The van der Waals surface area contributed by atoms with Gasteiger partial charge in [0.05, 0.1) is 12.2 Å². The van der Waals surface area contributed by atoms with Crippen LogP contribution in [0.5, 0.6) is 0 Å². The van der Waals surface area contributed by atoms with Gasteiger partial charge >= 0.3 is 0 Å². The lowest BCUT2D eigenvalue weighted by atomic mass is 10.3. The van der Waals surface area contributed by atoms with Crippen LogP contribution in [0.1, 0.15) is 12.8 Å². The molecule has 0 spiro atoms. The highest BCUT2D eigenvalue weighted by atomic mass is 79.9. The summed E-state index contributed by atoms with van der Waals surface area (Å²) >= 11 is 0. The molecule has 0 aromatic heterocycles. The van der Waals surface area contributed by atoms with E-state index in [0.717, 1.165) is 12.6 Å². The zero-order chi connectivity index (χ0) is 16.7. The first kappa shape index (κ1) is 19.4. The van der Waals surface area contributed by atoms with Crippen molar-refractivity contribution < 1.29 is 0 Å². The summed E-state index contributed by atoms with van der Waals surface area (Å²) in [6.45, 7) is 0. The molecule has 25 heavy (non-hydrogen) atoms. The average Bonchev–Trinajstić information content (AvgIpc) is 2.68. The van der Waals surface area contributed by atoms with E-state index in [1.54, 1.807) is 0 Å². The minimum atomic E-state index is -1.73. The summed E-state index contributed by atoms with van der Waals surface area (Å²) in [6.07, 6.45) is 2.55. The van der Waals surface area contributed by atoms with Crippen molar-refractivity contribution >= 4 is 40.2 Å². The van der Waals surface area contributed by atoms with Crippen LogP contribution in [-0.4, -0.2) is 6.16 Å². The number of rotatable bonds is 6. The van der Waals surface area contributed by atoms with Crippen LogP contribution in [0.15, 0.2) is 91.0 Å². The Labute approximate surface area is 161 Å². The van der Waals surface area contributed by atoms with E-state index in [1.165, 1.54) is 15.9 Å². The molecule has 0 amide bonds. The maximum Gasteiger partial charge on any atom is 0.112 e. The van der Waals surface area contributed by atoms with Gasteiger partial charge in [-0.2, -0.15) is 5.26 Å². The summed E-state index contributed by atoms with van der Waals surface area (Å²) in [5, 5.41) is 13.2. The first-order valence-electron chi connectivity index (χ1n) is 8.30. The van der Waals surface area contributed by atoms with Gasteiger partial charge in [0.1, 0.15) is 23.2 Å². The topological polar surface area (TPSA) is 23.8 Å². The highest BCUT2D eigenvalue weighted by molar-refractivity contribution is 8.93. The van der Waals surface area contributed by atoms with Crippen LogP contribution in [0.2, 0.25) is 0 Å². The second-order valence-corrected chi connectivity index (χ2v) is 9.42. The van der Waals surface area contributed by atoms with Gasteiger partial charge in [0, 0.05) is 6.42 Å². The fourth-order valence-electron chi connectivity index (χ4n) is 3.28. The number of hydrogen-bond acceptors (Lipinski definition) is 1. The zero-order valence-electron chi connectivity index (χ0n) is 14.1. The van der Waals surface area contributed by atoms with Crippen molar-refractivity contribution in [2.75, 3.05) is 6.16 Å². The molecule has 0 fully saturated rings. The van der Waals surface area contributed by atoms with Crippen molar-refractivity contribution in [3.05, 3.63) is 91.0 Å². The molecule has 126 valence electrons. The Morgan fingerprint density at radius 2 is 1.00 bits per heavy atom. The second kappa shape index (κ2) is 9.52. The smallest absolute Gasteiger partial charge is 0.112 e. The summed E-state index contributed by atoms with van der Waals surface area (Å²) in [7, 11) is -1.73. The summed E-state index contributed by atoms with van der Waals surface area (Å²) in [5.74, 6) is 0.